The molecule has 0 unspecified atom stereocenters. The molecule has 0 spiro atoms. The maximum atomic E-state index is 5.91. The number of nitrogen functional groups attached to an aromatic ring is 1. The fourth-order valence-electron chi connectivity index (χ4n) is 2.10. The Hall–Kier alpha value is -1.06. The fraction of sp³-hybridized carbons (Fsp3) is 0.571. The van der Waals surface area contributed by atoms with E-state index in [1.165, 1.54) is 5.56 Å². The van der Waals surface area contributed by atoms with Gasteiger partial charge in [-0.15, -0.1) is 0 Å². The van der Waals surface area contributed by atoms with E-state index < -0.39 is 0 Å². The van der Waals surface area contributed by atoms with Crippen LogP contribution < -0.4 is 11.1 Å². The minimum absolute atomic E-state index is 0.296. The summed E-state index contributed by atoms with van der Waals surface area (Å²) in [6, 6.07) is 8.66. The van der Waals surface area contributed by atoms with Crippen molar-refractivity contribution in [2.24, 2.45) is 0 Å². The number of para-hydroxylation sites is 1. The van der Waals surface area contributed by atoms with Crippen LogP contribution in [0, 0.1) is 0 Å². The average Bonchev–Trinajstić information content (AvgIpc) is 2.16. The van der Waals surface area contributed by atoms with Crippen LogP contribution in [0.2, 0.25) is 0 Å². The molecule has 1 aliphatic rings. The second-order valence-electron chi connectivity index (χ2n) is 5.85. The highest BCUT2D eigenvalue weighted by Crippen LogP contribution is 2.21. The van der Waals surface area contributed by atoms with E-state index in [1.54, 1.807) is 0 Å². The summed E-state index contributed by atoms with van der Waals surface area (Å²) in [5, 5.41) is 3.56. The van der Waals surface area contributed by atoms with Gasteiger partial charge in [0.2, 0.25) is 0 Å². The second-order valence-corrected chi connectivity index (χ2v) is 5.85. The van der Waals surface area contributed by atoms with Gasteiger partial charge >= 0.3 is 0 Å². The van der Waals surface area contributed by atoms with Crippen molar-refractivity contribution in [2.75, 3.05) is 18.8 Å². The fourth-order valence-corrected chi connectivity index (χ4v) is 2.10. The number of anilines is 1. The van der Waals surface area contributed by atoms with Crippen LogP contribution in [0.5, 0.6) is 0 Å². The standard InChI is InChI=1S/C14H23N3/c1-14(2,3)17-9-12(10-17)16-8-11-6-4-5-7-13(11)15/h4-7,12,16H,8-10,15H2,1-3H3. The number of hydrogen-bond donors (Lipinski definition) is 2. The quantitative estimate of drug-likeness (QED) is 0.783. The van der Waals surface area contributed by atoms with Crippen LogP contribution in [-0.2, 0) is 6.54 Å². The Balaban J connectivity index is 1.77. The first-order valence-electron chi connectivity index (χ1n) is 6.28. The van der Waals surface area contributed by atoms with E-state index in [-0.39, 0.29) is 0 Å². The average molecular weight is 233 g/mol. The lowest BCUT2D eigenvalue weighted by Gasteiger charge is -2.48. The number of nitrogens with zero attached hydrogens (tertiary/aromatic N) is 1. The summed E-state index contributed by atoms with van der Waals surface area (Å²) in [6.07, 6.45) is 0. The van der Waals surface area contributed by atoms with Crippen LogP contribution in [0.1, 0.15) is 26.3 Å². The van der Waals surface area contributed by atoms with E-state index in [1.807, 2.05) is 18.2 Å². The Bertz CT molecular complexity index is 375. The molecule has 0 aromatic heterocycles. The number of nitrogens with one attached hydrogen (secondary N) is 1. The summed E-state index contributed by atoms with van der Waals surface area (Å²) in [5.41, 5.74) is 8.29. The summed E-state index contributed by atoms with van der Waals surface area (Å²) >= 11 is 0. The minimum atomic E-state index is 0.296. The zero-order chi connectivity index (χ0) is 12.5. The molecule has 1 heterocycles. The van der Waals surface area contributed by atoms with E-state index >= 15 is 0 Å². The molecule has 0 amide bonds. The highest BCUT2D eigenvalue weighted by atomic mass is 15.3. The lowest BCUT2D eigenvalue weighted by molar-refractivity contribution is 0.0345. The number of nitrogens with two attached hydrogens (primary N) is 1. The first-order chi connectivity index (χ1) is 7.97. The summed E-state index contributed by atoms with van der Waals surface area (Å²) in [6.45, 7) is 9.93. The van der Waals surface area contributed by atoms with Gasteiger partial charge in [0.05, 0.1) is 0 Å². The van der Waals surface area contributed by atoms with Gasteiger partial charge in [0.1, 0.15) is 0 Å². The lowest BCUT2D eigenvalue weighted by atomic mass is 9.97. The number of benzene rings is 1. The summed E-state index contributed by atoms with van der Waals surface area (Å²) in [5.74, 6) is 0. The van der Waals surface area contributed by atoms with Gasteiger partial charge in [0.25, 0.3) is 0 Å². The van der Waals surface area contributed by atoms with Crippen LogP contribution in [0.15, 0.2) is 24.3 Å². The molecule has 3 N–H and O–H groups in total. The molecule has 0 radical (unpaired) electrons. The molecule has 1 aromatic rings. The molecule has 94 valence electrons. The maximum Gasteiger partial charge on any atom is 0.0359 e. The van der Waals surface area contributed by atoms with Crippen LogP contribution in [0.4, 0.5) is 5.69 Å². The Morgan fingerprint density at radius 3 is 2.53 bits per heavy atom. The normalized spacial score (nSPS) is 18.1. The predicted molar refractivity (Wildman–Crippen MR) is 72.8 cm³/mol. The van der Waals surface area contributed by atoms with E-state index in [2.05, 4.69) is 37.1 Å². The third-order valence-electron chi connectivity index (χ3n) is 3.47. The maximum absolute atomic E-state index is 5.91. The number of rotatable bonds is 3. The van der Waals surface area contributed by atoms with E-state index in [4.69, 9.17) is 5.73 Å². The van der Waals surface area contributed by atoms with Crippen molar-refractivity contribution in [2.45, 2.75) is 38.9 Å². The second kappa shape index (κ2) is 4.67. The van der Waals surface area contributed by atoms with E-state index in [0.717, 1.165) is 25.3 Å². The number of likely N-dealkylation sites (tertiary alicyclic amines) is 1. The van der Waals surface area contributed by atoms with Gasteiger partial charge in [-0.25, -0.2) is 0 Å². The molecule has 0 saturated carbocycles. The smallest absolute Gasteiger partial charge is 0.0359 e. The third kappa shape index (κ3) is 2.99. The largest absolute Gasteiger partial charge is 0.398 e. The van der Waals surface area contributed by atoms with Crippen molar-refractivity contribution < 1.29 is 0 Å². The molecule has 0 atom stereocenters. The molecule has 0 aliphatic carbocycles. The predicted octanol–water partition coefficient (Wildman–Crippen LogP) is 1.84. The molecule has 3 heteroatoms. The lowest BCUT2D eigenvalue weighted by Crippen LogP contribution is -2.63. The molecule has 17 heavy (non-hydrogen) atoms. The van der Waals surface area contributed by atoms with Crippen molar-refractivity contribution in [3.8, 4) is 0 Å². The Kier molecular flexibility index (Phi) is 3.40. The van der Waals surface area contributed by atoms with Crippen molar-refractivity contribution in [1.29, 1.82) is 0 Å². The minimum Gasteiger partial charge on any atom is -0.398 e. The van der Waals surface area contributed by atoms with Gasteiger partial charge in [-0.2, -0.15) is 0 Å². The van der Waals surface area contributed by atoms with Crippen molar-refractivity contribution in [3.63, 3.8) is 0 Å². The Morgan fingerprint density at radius 1 is 1.29 bits per heavy atom. The zero-order valence-corrected chi connectivity index (χ0v) is 11.0. The zero-order valence-electron chi connectivity index (χ0n) is 11.0. The summed E-state index contributed by atoms with van der Waals surface area (Å²) in [7, 11) is 0. The third-order valence-corrected chi connectivity index (χ3v) is 3.47. The highest BCUT2D eigenvalue weighted by molar-refractivity contribution is 5.46. The molecular formula is C14H23N3. The summed E-state index contributed by atoms with van der Waals surface area (Å²) in [4.78, 5) is 2.49. The Morgan fingerprint density at radius 2 is 1.94 bits per heavy atom. The molecule has 1 aromatic carbocycles. The van der Waals surface area contributed by atoms with Gasteiger partial charge in [-0.3, -0.25) is 4.90 Å². The van der Waals surface area contributed by atoms with E-state index in [9.17, 15) is 0 Å². The van der Waals surface area contributed by atoms with Crippen LogP contribution in [0.25, 0.3) is 0 Å². The van der Waals surface area contributed by atoms with Crippen molar-refractivity contribution in [1.82, 2.24) is 10.2 Å². The molecule has 1 fully saturated rings. The summed E-state index contributed by atoms with van der Waals surface area (Å²) < 4.78 is 0. The van der Waals surface area contributed by atoms with Crippen LogP contribution in [-0.4, -0.2) is 29.6 Å². The molecule has 1 saturated heterocycles. The van der Waals surface area contributed by atoms with Gasteiger partial charge < -0.3 is 11.1 Å². The van der Waals surface area contributed by atoms with Gasteiger partial charge in [0, 0.05) is 36.9 Å². The van der Waals surface area contributed by atoms with Gasteiger partial charge in [0.15, 0.2) is 0 Å². The first kappa shape index (κ1) is 12.4. The van der Waals surface area contributed by atoms with Crippen LogP contribution in [0.3, 0.4) is 0 Å². The molecule has 2 rings (SSSR count). The molecule has 0 bridgehead atoms. The SMILES string of the molecule is CC(C)(C)N1CC(NCc2ccccc2N)C1. The Labute approximate surface area is 104 Å². The topological polar surface area (TPSA) is 41.3 Å². The van der Waals surface area contributed by atoms with E-state index in [0.29, 0.717) is 11.6 Å². The highest BCUT2D eigenvalue weighted by Gasteiger charge is 2.33. The number of hydrogen-bond acceptors (Lipinski definition) is 3. The van der Waals surface area contributed by atoms with Crippen molar-refractivity contribution >= 4 is 5.69 Å². The monoisotopic (exact) mass is 233 g/mol. The van der Waals surface area contributed by atoms with Gasteiger partial charge in [-0.05, 0) is 32.4 Å². The molecule has 3 nitrogen and oxygen atoms in total. The van der Waals surface area contributed by atoms with Crippen LogP contribution >= 0.6 is 0 Å². The first-order valence-corrected chi connectivity index (χ1v) is 6.28. The molecule has 1 aliphatic heterocycles. The molecular weight excluding hydrogens is 210 g/mol. The van der Waals surface area contributed by atoms with Gasteiger partial charge in [-0.1, -0.05) is 18.2 Å². The van der Waals surface area contributed by atoms with Crippen molar-refractivity contribution in [3.05, 3.63) is 29.8 Å².